The first-order valence-electron chi connectivity index (χ1n) is 5.68. The summed E-state index contributed by atoms with van der Waals surface area (Å²) in [7, 11) is 0. The standard InChI is InChI=1S/C10H11NO.2C2H6/c1-4-8-6-10(7(3)12)11-9(8)5-2;2*1-2/h4-6,11H,1-2H2,3H3;2*1-2H3. The molecule has 0 unspecified atom stereocenters. The Bertz CT molecular complexity index is 309. The second-order valence-electron chi connectivity index (χ2n) is 2.52. The summed E-state index contributed by atoms with van der Waals surface area (Å²) in [5, 5.41) is 0. The van der Waals surface area contributed by atoms with E-state index in [1.165, 1.54) is 6.92 Å². The molecule has 0 spiro atoms. The Balaban J connectivity index is 0. The van der Waals surface area contributed by atoms with Crippen LogP contribution in [0.5, 0.6) is 0 Å². The van der Waals surface area contributed by atoms with Gasteiger partial charge in [0.2, 0.25) is 0 Å². The Kier molecular flexibility index (Phi) is 10.5. The summed E-state index contributed by atoms with van der Waals surface area (Å²) in [6.45, 7) is 16.8. The SMILES string of the molecule is C=Cc1cc(C(C)=O)[nH]c1C=C.CC.CC. The molecule has 0 fully saturated rings. The second kappa shape index (κ2) is 9.97. The summed E-state index contributed by atoms with van der Waals surface area (Å²) in [6, 6.07) is 1.77. The number of Topliss-reactive ketones (excluding diaryl/α,β-unsaturated/α-hetero) is 1. The molecule has 1 aromatic heterocycles. The number of hydrogen-bond donors (Lipinski definition) is 1. The van der Waals surface area contributed by atoms with Gasteiger partial charge in [0.1, 0.15) is 0 Å². The maximum atomic E-state index is 10.9. The predicted molar refractivity (Wildman–Crippen MR) is 73.7 cm³/mol. The van der Waals surface area contributed by atoms with Gasteiger partial charge in [-0.3, -0.25) is 4.79 Å². The topological polar surface area (TPSA) is 32.9 Å². The molecule has 2 nitrogen and oxygen atoms in total. The van der Waals surface area contributed by atoms with Crippen molar-refractivity contribution in [1.29, 1.82) is 0 Å². The van der Waals surface area contributed by atoms with E-state index in [4.69, 9.17) is 0 Å². The van der Waals surface area contributed by atoms with E-state index in [9.17, 15) is 4.79 Å². The van der Waals surface area contributed by atoms with Crippen molar-refractivity contribution < 1.29 is 4.79 Å². The van der Waals surface area contributed by atoms with Crippen molar-refractivity contribution in [2.45, 2.75) is 34.6 Å². The van der Waals surface area contributed by atoms with Crippen molar-refractivity contribution in [3.8, 4) is 0 Å². The van der Waals surface area contributed by atoms with E-state index in [-0.39, 0.29) is 5.78 Å². The molecule has 0 radical (unpaired) electrons. The monoisotopic (exact) mass is 221 g/mol. The van der Waals surface area contributed by atoms with Crippen LogP contribution in [0.15, 0.2) is 19.2 Å². The number of nitrogens with one attached hydrogen (secondary N) is 1. The molecule has 0 aliphatic rings. The van der Waals surface area contributed by atoms with E-state index in [1.807, 2.05) is 27.7 Å². The van der Waals surface area contributed by atoms with Crippen LogP contribution in [0.2, 0.25) is 0 Å². The van der Waals surface area contributed by atoms with Gasteiger partial charge in [0, 0.05) is 12.6 Å². The zero-order valence-electron chi connectivity index (χ0n) is 11.1. The van der Waals surface area contributed by atoms with Gasteiger partial charge in [-0.05, 0) is 17.7 Å². The van der Waals surface area contributed by atoms with Gasteiger partial charge < -0.3 is 4.98 Å². The van der Waals surface area contributed by atoms with Gasteiger partial charge in [0.05, 0.1) is 5.69 Å². The molecule has 16 heavy (non-hydrogen) atoms. The molecule has 0 atom stereocenters. The molecule has 1 aromatic rings. The van der Waals surface area contributed by atoms with Crippen LogP contribution in [-0.2, 0) is 0 Å². The molecular formula is C14H23NO. The fourth-order valence-corrected chi connectivity index (χ4v) is 1.01. The number of hydrogen-bond acceptors (Lipinski definition) is 1. The molecular weight excluding hydrogens is 198 g/mol. The highest BCUT2D eigenvalue weighted by Crippen LogP contribution is 2.13. The van der Waals surface area contributed by atoms with Gasteiger partial charge in [-0.2, -0.15) is 0 Å². The summed E-state index contributed by atoms with van der Waals surface area (Å²) < 4.78 is 0. The summed E-state index contributed by atoms with van der Waals surface area (Å²) in [6.07, 6.45) is 3.36. The average molecular weight is 221 g/mol. The Morgan fingerprint density at radius 1 is 1.19 bits per heavy atom. The van der Waals surface area contributed by atoms with Gasteiger partial charge in [0.25, 0.3) is 0 Å². The Labute approximate surface area is 99.1 Å². The van der Waals surface area contributed by atoms with Gasteiger partial charge >= 0.3 is 0 Å². The predicted octanol–water partition coefficient (Wildman–Crippen LogP) is 4.56. The van der Waals surface area contributed by atoms with Crippen LogP contribution in [-0.4, -0.2) is 10.8 Å². The number of carbonyl (C=O) groups excluding carboxylic acids is 1. The third-order valence-corrected chi connectivity index (χ3v) is 1.68. The van der Waals surface area contributed by atoms with E-state index in [1.54, 1.807) is 18.2 Å². The zero-order chi connectivity index (χ0) is 13.1. The smallest absolute Gasteiger partial charge is 0.175 e. The first kappa shape index (κ1) is 16.8. The van der Waals surface area contributed by atoms with Crippen LogP contribution in [0.4, 0.5) is 0 Å². The minimum Gasteiger partial charge on any atom is -0.352 e. The molecule has 1 rings (SSSR count). The van der Waals surface area contributed by atoms with Crippen LogP contribution in [0.3, 0.4) is 0 Å². The van der Waals surface area contributed by atoms with E-state index >= 15 is 0 Å². The zero-order valence-corrected chi connectivity index (χ0v) is 11.1. The Morgan fingerprint density at radius 3 is 1.94 bits per heavy atom. The van der Waals surface area contributed by atoms with E-state index in [0.29, 0.717) is 5.69 Å². The lowest BCUT2D eigenvalue weighted by atomic mass is 10.2. The summed E-state index contributed by atoms with van der Waals surface area (Å²) >= 11 is 0. The first-order valence-corrected chi connectivity index (χ1v) is 5.68. The number of aromatic amines is 1. The molecule has 1 N–H and O–H groups in total. The van der Waals surface area contributed by atoms with Crippen molar-refractivity contribution in [3.05, 3.63) is 36.2 Å². The first-order chi connectivity index (χ1) is 7.69. The molecule has 0 bridgehead atoms. The third kappa shape index (κ3) is 4.78. The minimum atomic E-state index is 0.0196. The summed E-state index contributed by atoms with van der Waals surface area (Å²) in [5.74, 6) is 0.0196. The highest BCUT2D eigenvalue weighted by molar-refractivity contribution is 5.93. The Morgan fingerprint density at radius 2 is 1.69 bits per heavy atom. The number of H-pyrrole nitrogens is 1. The van der Waals surface area contributed by atoms with Crippen molar-refractivity contribution in [1.82, 2.24) is 4.98 Å². The number of carbonyl (C=O) groups is 1. The van der Waals surface area contributed by atoms with Gasteiger partial charge in [-0.1, -0.05) is 46.9 Å². The van der Waals surface area contributed by atoms with Crippen molar-refractivity contribution in [2.75, 3.05) is 0 Å². The summed E-state index contributed by atoms with van der Waals surface area (Å²) in [5.41, 5.74) is 2.35. The van der Waals surface area contributed by atoms with Crippen molar-refractivity contribution in [3.63, 3.8) is 0 Å². The molecule has 1 heterocycles. The number of rotatable bonds is 3. The van der Waals surface area contributed by atoms with Crippen LogP contribution in [0.25, 0.3) is 12.2 Å². The maximum Gasteiger partial charge on any atom is 0.175 e. The molecule has 0 amide bonds. The minimum absolute atomic E-state index is 0.0196. The molecule has 2 heteroatoms. The van der Waals surface area contributed by atoms with Crippen LogP contribution in [0, 0.1) is 0 Å². The Hall–Kier alpha value is -1.57. The highest BCUT2D eigenvalue weighted by atomic mass is 16.1. The lowest BCUT2D eigenvalue weighted by molar-refractivity contribution is 0.101. The molecule has 0 aliphatic heterocycles. The van der Waals surface area contributed by atoms with Gasteiger partial charge in [0.15, 0.2) is 5.78 Å². The lowest BCUT2D eigenvalue weighted by Gasteiger charge is -1.87. The van der Waals surface area contributed by atoms with Crippen LogP contribution >= 0.6 is 0 Å². The fourth-order valence-electron chi connectivity index (χ4n) is 1.01. The quantitative estimate of drug-likeness (QED) is 0.746. The van der Waals surface area contributed by atoms with Gasteiger partial charge in [-0.15, -0.1) is 0 Å². The highest BCUT2D eigenvalue weighted by Gasteiger charge is 2.05. The van der Waals surface area contributed by atoms with Gasteiger partial charge in [-0.25, -0.2) is 0 Å². The molecule has 0 aliphatic carbocycles. The maximum absolute atomic E-state index is 10.9. The third-order valence-electron chi connectivity index (χ3n) is 1.68. The molecule has 0 saturated heterocycles. The second-order valence-corrected chi connectivity index (χ2v) is 2.52. The van der Waals surface area contributed by atoms with E-state index in [2.05, 4.69) is 18.1 Å². The van der Waals surface area contributed by atoms with Crippen molar-refractivity contribution >= 4 is 17.9 Å². The lowest BCUT2D eigenvalue weighted by Crippen LogP contribution is -1.90. The normalized spacial score (nSPS) is 7.81. The number of aromatic nitrogens is 1. The van der Waals surface area contributed by atoms with E-state index < -0.39 is 0 Å². The molecule has 90 valence electrons. The van der Waals surface area contributed by atoms with E-state index in [0.717, 1.165) is 11.3 Å². The molecule has 0 aromatic carbocycles. The van der Waals surface area contributed by atoms with Crippen LogP contribution < -0.4 is 0 Å². The fraction of sp³-hybridized carbons (Fsp3) is 0.357. The summed E-state index contributed by atoms with van der Waals surface area (Å²) in [4.78, 5) is 13.9. The van der Waals surface area contributed by atoms with Crippen LogP contribution in [0.1, 0.15) is 56.4 Å². The number of ketones is 1. The largest absolute Gasteiger partial charge is 0.352 e. The average Bonchev–Trinajstić information content (AvgIpc) is 2.77. The van der Waals surface area contributed by atoms with Crippen molar-refractivity contribution in [2.24, 2.45) is 0 Å². The molecule has 0 saturated carbocycles.